The van der Waals surface area contributed by atoms with E-state index in [9.17, 15) is 18.4 Å². The van der Waals surface area contributed by atoms with Crippen LogP contribution in [-0.4, -0.2) is 51.8 Å². The maximum atomic E-state index is 14.0. The number of aromatic nitrogens is 6. The van der Waals surface area contributed by atoms with E-state index in [1.165, 1.54) is 24.3 Å². The molecule has 0 saturated heterocycles. The summed E-state index contributed by atoms with van der Waals surface area (Å²) in [4.78, 5) is 28.0. The van der Waals surface area contributed by atoms with E-state index in [0.29, 0.717) is 41.0 Å². The third kappa shape index (κ3) is 6.93. The fourth-order valence-corrected chi connectivity index (χ4v) is 5.87. The van der Waals surface area contributed by atoms with E-state index in [4.69, 9.17) is 0 Å². The molecule has 0 bridgehead atoms. The van der Waals surface area contributed by atoms with Crippen molar-refractivity contribution in [2.75, 3.05) is 0 Å². The minimum absolute atomic E-state index is 0. The summed E-state index contributed by atoms with van der Waals surface area (Å²) < 4.78 is 30.7. The van der Waals surface area contributed by atoms with Crippen LogP contribution < -0.4 is 0 Å². The highest BCUT2D eigenvalue weighted by molar-refractivity contribution is 9.10. The third-order valence-electron chi connectivity index (χ3n) is 7.49. The molecule has 7 rings (SSSR count). The number of carbonyl (C=O) groups excluding carboxylic acids is 2. The zero-order chi connectivity index (χ0) is 31.1. The summed E-state index contributed by atoms with van der Waals surface area (Å²) in [5.41, 5.74) is 3.45. The number of carbonyl (C=O) groups is 2. The van der Waals surface area contributed by atoms with Crippen molar-refractivity contribution in [2.45, 2.75) is 26.2 Å². The second-order valence-corrected chi connectivity index (χ2v) is 11.5. The number of nitrogens with zero attached hydrogens (tertiary/aromatic N) is 8. The standard InChI is InChI=1S/C32H23BrF2N8O2.2ClH/c33-29-13-12-28-30-26(29)2-1-3-27(30)31(44)43(32(28)45)42(18-24-16-40(38-36-24)14-20-4-8-22(34)9-5-20)19-25-17-41(39-37-25)15-21-6-10-23(35)11-7-21;;/h1-13,16-17H,14-15,18-19H2;2*1H. The van der Waals surface area contributed by atoms with E-state index in [1.54, 1.807) is 75.3 Å². The average molecular weight is 742 g/mol. The Balaban J connectivity index is 0.00000217. The maximum Gasteiger partial charge on any atom is 0.276 e. The molecule has 10 nitrogen and oxygen atoms in total. The first-order chi connectivity index (χ1) is 21.8. The molecule has 47 heavy (non-hydrogen) atoms. The molecule has 15 heteroatoms. The summed E-state index contributed by atoms with van der Waals surface area (Å²) in [5, 5.41) is 21.1. The van der Waals surface area contributed by atoms with E-state index in [-0.39, 0.29) is 49.5 Å². The predicted molar refractivity (Wildman–Crippen MR) is 177 cm³/mol. The molecular formula is C32H25BrCl2F2N8O2. The van der Waals surface area contributed by atoms with Gasteiger partial charge in [0.25, 0.3) is 11.8 Å². The quantitative estimate of drug-likeness (QED) is 0.162. The van der Waals surface area contributed by atoms with Crippen LogP contribution in [0.15, 0.2) is 95.7 Å². The Labute approximate surface area is 287 Å². The number of hydrogen-bond donors (Lipinski definition) is 0. The van der Waals surface area contributed by atoms with Gasteiger partial charge in [0.2, 0.25) is 0 Å². The van der Waals surface area contributed by atoms with Crippen molar-refractivity contribution in [1.82, 2.24) is 40.0 Å². The van der Waals surface area contributed by atoms with Gasteiger partial charge in [-0.3, -0.25) is 9.59 Å². The molecule has 0 unspecified atom stereocenters. The average Bonchev–Trinajstić information content (AvgIpc) is 3.67. The number of imide groups is 1. The van der Waals surface area contributed by atoms with Crippen LogP contribution in [0.5, 0.6) is 0 Å². The number of hydrazine groups is 1. The smallest absolute Gasteiger partial charge is 0.267 e. The lowest BCUT2D eigenvalue weighted by molar-refractivity contribution is -0.0130. The Morgan fingerprint density at radius 2 is 1.15 bits per heavy atom. The molecule has 0 saturated carbocycles. The van der Waals surface area contributed by atoms with E-state index >= 15 is 0 Å². The first kappa shape index (κ1) is 33.8. The molecule has 0 aliphatic carbocycles. The number of amides is 2. The minimum Gasteiger partial charge on any atom is -0.267 e. The van der Waals surface area contributed by atoms with Gasteiger partial charge < -0.3 is 0 Å². The normalized spacial score (nSPS) is 12.4. The van der Waals surface area contributed by atoms with Crippen LogP contribution in [-0.2, 0) is 26.2 Å². The van der Waals surface area contributed by atoms with Crippen molar-refractivity contribution < 1.29 is 18.4 Å². The van der Waals surface area contributed by atoms with Crippen LogP contribution in [0, 0.1) is 11.6 Å². The van der Waals surface area contributed by atoms with Crippen LogP contribution in [0.3, 0.4) is 0 Å². The lowest BCUT2D eigenvalue weighted by Crippen LogP contribution is -2.51. The predicted octanol–water partition coefficient (Wildman–Crippen LogP) is 6.22. The summed E-state index contributed by atoms with van der Waals surface area (Å²) in [6, 6.07) is 21.0. The third-order valence-corrected chi connectivity index (χ3v) is 8.18. The molecule has 2 amide bonds. The highest BCUT2D eigenvalue weighted by Gasteiger charge is 2.38. The summed E-state index contributed by atoms with van der Waals surface area (Å²) >= 11 is 3.53. The molecule has 1 aliphatic heterocycles. The molecule has 0 atom stereocenters. The number of rotatable bonds is 9. The van der Waals surface area contributed by atoms with Crippen LogP contribution >= 0.6 is 40.7 Å². The largest absolute Gasteiger partial charge is 0.276 e. The van der Waals surface area contributed by atoms with Gasteiger partial charge in [-0.2, -0.15) is 5.01 Å². The molecule has 0 fully saturated rings. The molecule has 3 heterocycles. The van der Waals surface area contributed by atoms with Gasteiger partial charge in [0.15, 0.2) is 0 Å². The van der Waals surface area contributed by atoms with Gasteiger partial charge in [0.1, 0.15) is 11.6 Å². The second kappa shape index (κ2) is 14.1. The molecule has 1 aliphatic rings. The maximum absolute atomic E-state index is 14.0. The Bertz CT molecular complexity index is 1960. The zero-order valence-electron chi connectivity index (χ0n) is 24.3. The Kier molecular flexibility index (Phi) is 10.1. The van der Waals surface area contributed by atoms with E-state index in [1.807, 2.05) is 6.07 Å². The summed E-state index contributed by atoms with van der Waals surface area (Å²) in [7, 11) is 0. The van der Waals surface area contributed by atoms with Crippen LogP contribution in [0.1, 0.15) is 43.2 Å². The van der Waals surface area contributed by atoms with Gasteiger partial charge in [0, 0.05) is 9.86 Å². The summed E-state index contributed by atoms with van der Waals surface area (Å²) in [6.45, 7) is 0.814. The van der Waals surface area contributed by atoms with Crippen LogP contribution in [0.25, 0.3) is 10.8 Å². The number of hydrogen-bond acceptors (Lipinski definition) is 7. The van der Waals surface area contributed by atoms with Crippen molar-refractivity contribution >= 4 is 63.3 Å². The van der Waals surface area contributed by atoms with Gasteiger partial charge in [-0.1, -0.05) is 62.8 Å². The fourth-order valence-electron chi connectivity index (χ4n) is 5.41. The Morgan fingerprint density at radius 3 is 1.66 bits per heavy atom. The van der Waals surface area contributed by atoms with Gasteiger partial charge in [-0.25, -0.2) is 23.2 Å². The van der Waals surface area contributed by atoms with E-state index in [0.717, 1.165) is 26.0 Å². The fraction of sp³-hybridized carbons (Fsp3) is 0.125. The van der Waals surface area contributed by atoms with E-state index < -0.39 is 11.8 Å². The van der Waals surface area contributed by atoms with Gasteiger partial charge >= 0.3 is 0 Å². The lowest BCUT2D eigenvalue weighted by atomic mass is 9.95. The lowest BCUT2D eigenvalue weighted by Gasteiger charge is -2.35. The van der Waals surface area contributed by atoms with Gasteiger partial charge in [0.05, 0.1) is 61.1 Å². The monoisotopic (exact) mass is 740 g/mol. The first-order valence-corrected chi connectivity index (χ1v) is 14.7. The molecule has 240 valence electrons. The summed E-state index contributed by atoms with van der Waals surface area (Å²) in [5.74, 6) is -1.62. The van der Waals surface area contributed by atoms with Crippen molar-refractivity contribution in [1.29, 1.82) is 0 Å². The molecule has 2 aromatic heterocycles. The first-order valence-electron chi connectivity index (χ1n) is 13.9. The minimum atomic E-state index is -0.478. The van der Waals surface area contributed by atoms with Gasteiger partial charge in [-0.05, 0) is 59.0 Å². The molecule has 0 spiro atoms. The zero-order valence-corrected chi connectivity index (χ0v) is 27.6. The highest BCUT2D eigenvalue weighted by atomic mass is 79.9. The molecule has 0 N–H and O–H groups in total. The Hall–Kier alpha value is -4.56. The van der Waals surface area contributed by atoms with Crippen LogP contribution in [0.4, 0.5) is 8.78 Å². The Morgan fingerprint density at radius 1 is 0.660 bits per heavy atom. The topological polar surface area (TPSA) is 102 Å². The number of benzene rings is 4. The highest BCUT2D eigenvalue weighted by Crippen LogP contribution is 2.35. The molecule has 4 aromatic carbocycles. The molecular weight excluding hydrogens is 717 g/mol. The second-order valence-electron chi connectivity index (χ2n) is 10.6. The van der Waals surface area contributed by atoms with Gasteiger partial charge in [-0.15, -0.1) is 35.0 Å². The van der Waals surface area contributed by atoms with Crippen LogP contribution in [0.2, 0.25) is 0 Å². The number of halogens is 5. The molecule has 6 aromatic rings. The van der Waals surface area contributed by atoms with E-state index in [2.05, 4.69) is 36.6 Å². The van der Waals surface area contributed by atoms with Crippen molar-refractivity contribution in [2.24, 2.45) is 0 Å². The van der Waals surface area contributed by atoms with Crippen molar-refractivity contribution in [3.05, 3.63) is 141 Å². The van der Waals surface area contributed by atoms with Crippen molar-refractivity contribution in [3.8, 4) is 0 Å². The van der Waals surface area contributed by atoms with Crippen molar-refractivity contribution in [3.63, 3.8) is 0 Å². The molecule has 0 radical (unpaired) electrons. The summed E-state index contributed by atoms with van der Waals surface area (Å²) in [6.07, 6.45) is 3.43. The SMILES string of the molecule is Cl.Cl.O=C1c2cccc3c(Br)ccc(c23)C(=O)N1N(Cc1cn(Cc2ccc(F)cc2)nn1)Cc1cn(Cc2ccc(F)cc2)nn1.